The van der Waals surface area contributed by atoms with Gasteiger partial charge in [0.15, 0.2) is 15.5 Å². The van der Waals surface area contributed by atoms with Crippen molar-refractivity contribution < 1.29 is 18.0 Å². The molecule has 0 bridgehead atoms. The highest BCUT2D eigenvalue weighted by Gasteiger charge is 2.29. The smallest absolute Gasteiger partial charge is 0.293 e. The summed E-state index contributed by atoms with van der Waals surface area (Å²) in [7, 11) is -3.36. The molecule has 0 unspecified atom stereocenters. The predicted molar refractivity (Wildman–Crippen MR) is 159 cm³/mol. The van der Waals surface area contributed by atoms with Gasteiger partial charge in [0.2, 0.25) is 5.82 Å². The maximum absolute atomic E-state index is 13.6. The number of benzene rings is 2. The Bertz CT molecular complexity index is 1890. The number of halogens is 1. The van der Waals surface area contributed by atoms with Crippen LogP contribution in [-0.4, -0.2) is 87.4 Å². The Kier molecular flexibility index (Phi) is 7.39. The number of H-pyrrole nitrogens is 1. The van der Waals surface area contributed by atoms with Crippen molar-refractivity contribution in [3.63, 3.8) is 0 Å². The van der Waals surface area contributed by atoms with E-state index in [0.717, 1.165) is 15.3 Å². The first kappa shape index (κ1) is 27.8. The molecule has 0 aliphatic carbocycles. The van der Waals surface area contributed by atoms with Crippen LogP contribution in [-0.2, 0) is 9.84 Å². The van der Waals surface area contributed by atoms with Gasteiger partial charge >= 0.3 is 0 Å². The number of sulfone groups is 1. The molecule has 214 valence electrons. The van der Waals surface area contributed by atoms with Gasteiger partial charge < -0.3 is 9.80 Å². The minimum atomic E-state index is -3.36. The molecule has 1 saturated heterocycles. The summed E-state index contributed by atoms with van der Waals surface area (Å²) in [5, 5.41) is 11.5. The van der Waals surface area contributed by atoms with Crippen molar-refractivity contribution in [2.45, 2.75) is 4.90 Å². The third-order valence-electron chi connectivity index (χ3n) is 6.87. The van der Waals surface area contributed by atoms with Crippen molar-refractivity contribution >= 4 is 44.6 Å². The van der Waals surface area contributed by atoms with Crippen molar-refractivity contribution in [3.05, 3.63) is 89.6 Å². The molecule has 3 aromatic heterocycles. The second-order valence-corrected chi connectivity index (χ2v) is 13.2. The molecule has 14 heteroatoms. The number of thiophene rings is 1. The number of carbonyl (C=O) groups is 2. The summed E-state index contributed by atoms with van der Waals surface area (Å²) in [6.07, 6.45) is 2.53. The monoisotopic (exact) mass is 621 g/mol. The van der Waals surface area contributed by atoms with Crippen LogP contribution in [0.25, 0.3) is 26.7 Å². The van der Waals surface area contributed by atoms with E-state index >= 15 is 0 Å². The lowest BCUT2D eigenvalue weighted by Crippen LogP contribution is -2.50. The van der Waals surface area contributed by atoms with E-state index in [1.165, 1.54) is 23.9 Å². The highest BCUT2D eigenvalue weighted by Crippen LogP contribution is 2.37. The van der Waals surface area contributed by atoms with Crippen LogP contribution in [0.2, 0.25) is 5.02 Å². The first-order chi connectivity index (χ1) is 20.2. The van der Waals surface area contributed by atoms with E-state index in [0.29, 0.717) is 42.6 Å². The Morgan fingerprint density at radius 1 is 0.905 bits per heavy atom. The highest BCUT2D eigenvalue weighted by atomic mass is 35.5. The number of nitrogens with one attached hydrogen (secondary N) is 1. The van der Waals surface area contributed by atoms with Gasteiger partial charge in [-0.3, -0.25) is 14.7 Å². The SMILES string of the molecule is CS(=O)(=O)c1cccc(-c2ccc(-c3cc(C(=O)N4CCN(C(=O)c5nc[nH]n5)CC4)nn3-c3ccccc3Cl)s2)c1. The fourth-order valence-corrected chi connectivity index (χ4v) is 6.59. The molecule has 11 nitrogen and oxygen atoms in total. The van der Waals surface area contributed by atoms with Gasteiger partial charge in [-0.05, 0) is 48.0 Å². The zero-order valence-corrected chi connectivity index (χ0v) is 24.7. The van der Waals surface area contributed by atoms with Crippen LogP contribution in [0, 0.1) is 0 Å². The van der Waals surface area contributed by atoms with Crippen LogP contribution in [0.1, 0.15) is 21.1 Å². The normalized spacial score (nSPS) is 13.9. The Balaban J connectivity index is 1.30. The summed E-state index contributed by atoms with van der Waals surface area (Å²) in [5.74, 6) is -0.454. The number of carbonyl (C=O) groups excluding carboxylic acids is 2. The summed E-state index contributed by atoms with van der Waals surface area (Å²) in [4.78, 5) is 35.3. The van der Waals surface area contributed by atoms with Crippen LogP contribution in [0.4, 0.5) is 0 Å². The zero-order valence-electron chi connectivity index (χ0n) is 22.3. The number of hydrogen-bond acceptors (Lipinski definition) is 8. The van der Waals surface area contributed by atoms with E-state index in [1.807, 2.05) is 36.4 Å². The molecule has 2 amide bonds. The quantitative estimate of drug-likeness (QED) is 0.302. The number of para-hydroxylation sites is 1. The van der Waals surface area contributed by atoms with Crippen molar-refractivity contribution in [2.24, 2.45) is 0 Å². The van der Waals surface area contributed by atoms with E-state index in [1.54, 1.807) is 44.8 Å². The molecule has 42 heavy (non-hydrogen) atoms. The molecule has 4 heterocycles. The molecule has 1 fully saturated rings. The van der Waals surface area contributed by atoms with Gasteiger partial charge in [-0.2, -0.15) is 5.10 Å². The first-order valence-electron chi connectivity index (χ1n) is 12.9. The number of aromatic nitrogens is 5. The number of rotatable bonds is 6. The van der Waals surface area contributed by atoms with Gasteiger partial charge in [0.1, 0.15) is 6.33 Å². The van der Waals surface area contributed by atoms with E-state index in [2.05, 4.69) is 20.3 Å². The van der Waals surface area contributed by atoms with E-state index < -0.39 is 9.84 Å². The molecular weight excluding hydrogens is 598 g/mol. The van der Waals surface area contributed by atoms with Crippen molar-refractivity contribution in [3.8, 4) is 26.7 Å². The predicted octanol–water partition coefficient (Wildman–Crippen LogP) is 4.04. The Morgan fingerprint density at radius 2 is 1.62 bits per heavy atom. The van der Waals surface area contributed by atoms with Gasteiger partial charge in [-0.1, -0.05) is 35.9 Å². The molecule has 0 saturated carbocycles. The van der Waals surface area contributed by atoms with Gasteiger partial charge in [0, 0.05) is 37.3 Å². The van der Waals surface area contributed by atoms with E-state index in [-0.39, 0.29) is 28.2 Å². The van der Waals surface area contributed by atoms with Gasteiger partial charge in [-0.25, -0.2) is 18.1 Å². The largest absolute Gasteiger partial charge is 0.334 e. The summed E-state index contributed by atoms with van der Waals surface area (Å²) >= 11 is 8.00. The second-order valence-electron chi connectivity index (χ2n) is 9.65. The molecular formula is C28H24ClN7O4S2. The zero-order chi connectivity index (χ0) is 29.4. The highest BCUT2D eigenvalue weighted by molar-refractivity contribution is 7.90. The average Bonchev–Trinajstić information content (AvgIpc) is 3.78. The number of amides is 2. The number of aromatic amines is 1. The van der Waals surface area contributed by atoms with Crippen molar-refractivity contribution in [1.82, 2.24) is 34.8 Å². The minimum Gasteiger partial charge on any atom is -0.334 e. The summed E-state index contributed by atoms with van der Waals surface area (Å²) < 4.78 is 25.8. The lowest BCUT2D eigenvalue weighted by atomic mass is 10.2. The third kappa shape index (κ3) is 5.45. The van der Waals surface area contributed by atoms with Crippen molar-refractivity contribution in [1.29, 1.82) is 0 Å². The molecule has 2 aromatic carbocycles. The van der Waals surface area contributed by atoms with Gasteiger partial charge in [-0.15, -0.1) is 16.4 Å². The Labute approximate surface area is 250 Å². The first-order valence-corrected chi connectivity index (χ1v) is 16.0. The van der Waals surface area contributed by atoms with Crippen LogP contribution >= 0.6 is 22.9 Å². The third-order valence-corrected chi connectivity index (χ3v) is 9.46. The summed E-state index contributed by atoms with van der Waals surface area (Å²) in [6, 6.07) is 19.6. The standard InChI is InChI=1S/C28H24ClN7O4S2/c1-42(39,40)19-6-4-5-18(15-19)24-9-10-25(41-24)23-16-21(33-36(23)22-8-3-2-7-20(22)29)27(37)34-11-13-35(14-12-34)28(38)26-30-17-31-32-26/h2-10,15-17H,11-14H2,1H3,(H,30,31,32). The second kappa shape index (κ2) is 11.2. The lowest BCUT2D eigenvalue weighted by molar-refractivity contribution is 0.0525. The van der Waals surface area contributed by atoms with Gasteiger partial charge in [0.05, 0.1) is 26.2 Å². The Morgan fingerprint density at radius 3 is 2.31 bits per heavy atom. The maximum atomic E-state index is 13.6. The molecule has 0 spiro atoms. The molecule has 6 rings (SSSR count). The molecule has 1 aliphatic rings. The fourth-order valence-electron chi connectivity index (χ4n) is 4.71. The van der Waals surface area contributed by atoms with Crippen LogP contribution in [0.5, 0.6) is 0 Å². The average molecular weight is 622 g/mol. The van der Waals surface area contributed by atoms with Crippen LogP contribution < -0.4 is 0 Å². The molecule has 1 N–H and O–H groups in total. The molecule has 1 aliphatic heterocycles. The van der Waals surface area contributed by atoms with Crippen LogP contribution in [0.3, 0.4) is 0 Å². The minimum absolute atomic E-state index is 0.0938. The molecule has 0 atom stereocenters. The molecule has 0 radical (unpaired) electrons. The maximum Gasteiger partial charge on any atom is 0.293 e. The lowest BCUT2D eigenvalue weighted by Gasteiger charge is -2.33. The topological polar surface area (TPSA) is 134 Å². The Hall–Kier alpha value is -4.33. The van der Waals surface area contributed by atoms with Crippen molar-refractivity contribution in [2.75, 3.05) is 32.4 Å². The number of hydrogen-bond donors (Lipinski definition) is 1. The van der Waals surface area contributed by atoms with E-state index in [4.69, 9.17) is 11.6 Å². The number of nitrogens with zero attached hydrogens (tertiary/aromatic N) is 6. The summed E-state index contributed by atoms with van der Waals surface area (Å²) in [5.41, 5.74) is 2.30. The fraction of sp³-hybridized carbons (Fsp3) is 0.179. The molecule has 5 aromatic rings. The number of piperazine rings is 1. The summed E-state index contributed by atoms with van der Waals surface area (Å²) in [6.45, 7) is 1.36. The van der Waals surface area contributed by atoms with E-state index in [9.17, 15) is 18.0 Å². The van der Waals surface area contributed by atoms with Gasteiger partial charge in [0.25, 0.3) is 11.8 Å². The van der Waals surface area contributed by atoms with Crippen LogP contribution in [0.15, 0.2) is 78.0 Å².